The summed E-state index contributed by atoms with van der Waals surface area (Å²) in [5, 5.41) is 14.2. The first kappa shape index (κ1) is 24.7. The number of esters is 1. The number of benzene rings is 2. The molecule has 1 aromatic heterocycles. The van der Waals surface area contributed by atoms with E-state index >= 15 is 0 Å². The number of morpholine rings is 1. The van der Waals surface area contributed by atoms with Gasteiger partial charge in [-0.05, 0) is 49.4 Å². The fraction of sp³-hybridized carbons (Fsp3) is 0.280. The quantitative estimate of drug-likeness (QED) is 0.278. The zero-order valence-electron chi connectivity index (χ0n) is 19.8. The van der Waals surface area contributed by atoms with Crippen LogP contribution in [-0.2, 0) is 9.47 Å². The van der Waals surface area contributed by atoms with E-state index in [0.717, 1.165) is 0 Å². The van der Waals surface area contributed by atoms with Crippen LogP contribution in [0.2, 0.25) is 0 Å². The van der Waals surface area contributed by atoms with Crippen LogP contribution < -0.4 is 15.0 Å². The molecule has 1 aliphatic heterocycles. The second kappa shape index (κ2) is 10.9. The van der Waals surface area contributed by atoms with Crippen LogP contribution in [0.5, 0.6) is 5.75 Å². The predicted molar refractivity (Wildman–Crippen MR) is 131 cm³/mol. The highest BCUT2D eigenvalue weighted by molar-refractivity contribution is 6.04. The molecule has 0 atom stereocenters. The van der Waals surface area contributed by atoms with Gasteiger partial charge in [-0.2, -0.15) is 0 Å². The van der Waals surface area contributed by atoms with E-state index in [1.54, 1.807) is 31.2 Å². The molecule has 1 saturated heterocycles. The monoisotopic (exact) mass is 495 g/mol. The van der Waals surface area contributed by atoms with Crippen molar-refractivity contribution >= 4 is 28.9 Å². The van der Waals surface area contributed by atoms with Crippen molar-refractivity contribution in [2.24, 2.45) is 0 Å². The minimum Gasteiger partial charge on any atom is -0.497 e. The molecule has 0 spiro atoms. The molecule has 1 N–H and O–H groups in total. The van der Waals surface area contributed by atoms with E-state index in [0.29, 0.717) is 49.0 Å². The molecular weight excluding hydrogens is 470 g/mol. The second-order valence-corrected chi connectivity index (χ2v) is 7.81. The van der Waals surface area contributed by atoms with Gasteiger partial charge in [0, 0.05) is 18.8 Å². The van der Waals surface area contributed by atoms with E-state index < -0.39 is 16.8 Å². The van der Waals surface area contributed by atoms with E-state index in [-0.39, 0.29) is 29.4 Å². The molecule has 2 heterocycles. The lowest BCUT2D eigenvalue weighted by Gasteiger charge is -2.30. The van der Waals surface area contributed by atoms with Gasteiger partial charge >= 0.3 is 5.97 Å². The van der Waals surface area contributed by atoms with Crippen LogP contribution in [0.4, 0.5) is 17.1 Å². The minimum atomic E-state index is -0.577. The van der Waals surface area contributed by atoms with Crippen molar-refractivity contribution in [3.8, 4) is 17.1 Å². The highest BCUT2D eigenvalue weighted by atomic mass is 16.6. The van der Waals surface area contributed by atoms with Gasteiger partial charge in [0.2, 0.25) is 0 Å². The Morgan fingerprint density at radius 1 is 1.11 bits per heavy atom. The number of hydrogen-bond donors (Lipinski definition) is 1. The summed E-state index contributed by atoms with van der Waals surface area (Å²) in [5.41, 5.74) is 1.38. The predicted octanol–water partition coefficient (Wildman–Crippen LogP) is 4.13. The van der Waals surface area contributed by atoms with Crippen molar-refractivity contribution in [2.75, 3.05) is 50.2 Å². The number of anilines is 2. The van der Waals surface area contributed by atoms with Crippen molar-refractivity contribution in [1.82, 2.24) is 0 Å². The maximum absolute atomic E-state index is 12.9. The second-order valence-electron chi connectivity index (χ2n) is 7.81. The van der Waals surface area contributed by atoms with Crippen LogP contribution in [-0.4, -0.2) is 56.8 Å². The van der Waals surface area contributed by atoms with Crippen molar-refractivity contribution < 1.29 is 33.1 Å². The molecule has 0 radical (unpaired) electrons. The van der Waals surface area contributed by atoms with Crippen molar-refractivity contribution in [3.05, 3.63) is 70.0 Å². The number of methoxy groups -OCH3 is 1. The van der Waals surface area contributed by atoms with Gasteiger partial charge in [-0.25, -0.2) is 4.79 Å². The molecule has 1 amide bonds. The molecule has 0 aliphatic carbocycles. The molecular formula is C25H25N3O8. The normalized spacial score (nSPS) is 13.2. The van der Waals surface area contributed by atoms with Crippen LogP contribution in [0.15, 0.2) is 52.9 Å². The maximum atomic E-state index is 12.9. The number of nitro benzene ring substituents is 1. The molecule has 11 nitrogen and oxygen atoms in total. The van der Waals surface area contributed by atoms with Crippen molar-refractivity contribution in [2.45, 2.75) is 6.92 Å². The molecule has 11 heteroatoms. The van der Waals surface area contributed by atoms with Crippen LogP contribution in [0.25, 0.3) is 11.3 Å². The number of amides is 1. The lowest BCUT2D eigenvalue weighted by Crippen LogP contribution is -2.37. The van der Waals surface area contributed by atoms with Gasteiger partial charge in [-0.3, -0.25) is 14.9 Å². The van der Waals surface area contributed by atoms with Gasteiger partial charge in [0.1, 0.15) is 11.5 Å². The van der Waals surface area contributed by atoms with Gasteiger partial charge in [-0.15, -0.1) is 0 Å². The summed E-state index contributed by atoms with van der Waals surface area (Å²) < 4.78 is 21.3. The minimum absolute atomic E-state index is 0.0509. The number of nitrogens with zero attached hydrogens (tertiary/aromatic N) is 2. The van der Waals surface area contributed by atoms with E-state index in [2.05, 4.69) is 5.32 Å². The third-order valence-electron chi connectivity index (χ3n) is 5.60. The highest BCUT2D eigenvalue weighted by Crippen LogP contribution is 2.34. The summed E-state index contributed by atoms with van der Waals surface area (Å²) in [6, 6.07) is 12.2. The molecule has 188 valence electrons. The maximum Gasteiger partial charge on any atom is 0.340 e. The molecule has 4 rings (SSSR count). The number of hydrogen-bond acceptors (Lipinski definition) is 9. The Morgan fingerprint density at radius 3 is 2.58 bits per heavy atom. The zero-order chi connectivity index (χ0) is 25.7. The van der Waals surface area contributed by atoms with Crippen LogP contribution >= 0.6 is 0 Å². The number of rotatable bonds is 8. The first-order valence-electron chi connectivity index (χ1n) is 11.3. The lowest BCUT2D eigenvalue weighted by molar-refractivity contribution is -0.384. The summed E-state index contributed by atoms with van der Waals surface area (Å²) in [4.78, 5) is 38.5. The summed E-state index contributed by atoms with van der Waals surface area (Å²) in [7, 11) is 1.41. The van der Waals surface area contributed by atoms with E-state index in [1.807, 2.05) is 4.90 Å². The molecule has 1 fully saturated rings. The fourth-order valence-corrected chi connectivity index (χ4v) is 3.86. The summed E-state index contributed by atoms with van der Waals surface area (Å²) in [6.07, 6.45) is 0. The van der Waals surface area contributed by atoms with Gasteiger partial charge in [0.15, 0.2) is 5.76 Å². The first-order chi connectivity index (χ1) is 17.4. The van der Waals surface area contributed by atoms with Crippen LogP contribution in [0, 0.1) is 10.1 Å². The molecule has 1 aliphatic rings. The van der Waals surface area contributed by atoms with Crippen LogP contribution in [0.1, 0.15) is 27.8 Å². The Labute approximate surface area is 206 Å². The number of ether oxygens (including phenoxy) is 3. The van der Waals surface area contributed by atoms with E-state index in [9.17, 15) is 19.7 Å². The van der Waals surface area contributed by atoms with Gasteiger partial charge in [0.05, 0.1) is 54.7 Å². The standard InChI is InChI=1S/C25H25N3O8/c1-3-35-25(30)19-14-16(4-7-20(19)27-10-12-34-13-11-27)26-24(29)23-9-8-22(36-23)18-6-5-17(33-2)15-21(18)28(31)32/h4-9,14-15H,3,10-13H2,1-2H3,(H,26,29). The third-order valence-corrected chi connectivity index (χ3v) is 5.60. The first-order valence-corrected chi connectivity index (χ1v) is 11.3. The third kappa shape index (κ3) is 5.31. The Bertz CT molecular complexity index is 1280. The van der Waals surface area contributed by atoms with Gasteiger partial charge < -0.3 is 28.8 Å². The lowest BCUT2D eigenvalue weighted by atomic mass is 10.1. The van der Waals surface area contributed by atoms with Gasteiger partial charge in [0.25, 0.3) is 11.6 Å². The number of furan rings is 1. The molecule has 0 unspecified atom stereocenters. The molecule has 2 aromatic carbocycles. The Kier molecular flexibility index (Phi) is 7.50. The SMILES string of the molecule is CCOC(=O)c1cc(NC(=O)c2ccc(-c3ccc(OC)cc3[N+](=O)[O-])o2)ccc1N1CCOCC1. The van der Waals surface area contributed by atoms with E-state index in [4.69, 9.17) is 18.6 Å². The van der Waals surface area contributed by atoms with E-state index in [1.165, 1.54) is 31.4 Å². The summed E-state index contributed by atoms with van der Waals surface area (Å²) in [6.45, 7) is 4.29. The zero-order valence-corrected chi connectivity index (χ0v) is 19.8. The fourth-order valence-electron chi connectivity index (χ4n) is 3.86. The van der Waals surface area contributed by atoms with Gasteiger partial charge in [-0.1, -0.05) is 0 Å². The summed E-state index contributed by atoms with van der Waals surface area (Å²) >= 11 is 0. The number of carbonyl (C=O) groups is 2. The molecule has 3 aromatic rings. The Hall–Kier alpha value is -4.38. The average molecular weight is 495 g/mol. The number of carbonyl (C=O) groups excluding carboxylic acids is 2. The van der Waals surface area contributed by atoms with Crippen molar-refractivity contribution in [3.63, 3.8) is 0 Å². The number of nitro groups is 1. The summed E-state index contributed by atoms with van der Waals surface area (Å²) in [5.74, 6) is -0.643. The number of nitrogens with one attached hydrogen (secondary N) is 1. The Balaban J connectivity index is 1.57. The Morgan fingerprint density at radius 2 is 1.89 bits per heavy atom. The van der Waals surface area contributed by atoms with Crippen LogP contribution in [0.3, 0.4) is 0 Å². The highest BCUT2D eigenvalue weighted by Gasteiger charge is 2.23. The molecule has 36 heavy (non-hydrogen) atoms. The molecule has 0 bridgehead atoms. The largest absolute Gasteiger partial charge is 0.497 e. The topological polar surface area (TPSA) is 133 Å². The smallest absolute Gasteiger partial charge is 0.340 e. The molecule has 0 saturated carbocycles. The van der Waals surface area contributed by atoms with Crippen molar-refractivity contribution in [1.29, 1.82) is 0 Å². The average Bonchev–Trinajstić information content (AvgIpc) is 3.39.